The Balaban J connectivity index is 1.39. The number of amides is 2. The van der Waals surface area contributed by atoms with Crippen molar-refractivity contribution in [3.05, 3.63) is 66.2 Å². The Labute approximate surface area is 217 Å². The smallest absolute Gasteiger partial charge is 0.255 e. The largest absolute Gasteiger partial charge is 0.493 e. The Hall–Kier alpha value is -3.76. The second-order valence-electron chi connectivity index (χ2n) is 7.45. The Kier molecular flexibility index (Phi) is 8.29. The summed E-state index contributed by atoms with van der Waals surface area (Å²) < 4.78 is 17.7. The molecule has 0 aliphatic carbocycles. The highest BCUT2D eigenvalue weighted by Crippen LogP contribution is 2.32. The molecule has 1 aromatic heterocycles. The van der Waals surface area contributed by atoms with Gasteiger partial charge in [-0.15, -0.1) is 11.3 Å². The molecule has 10 heteroatoms. The monoisotopic (exact) mass is 523 g/mol. The minimum absolute atomic E-state index is 0.144. The molecule has 1 heterocycles. The SMILES string of the molecule is CCOc1ccccc1NC(=O)CSc1nc2ccc(NC(=O)c3ccc(OC)c(OC)c3)cc2s1. The zero-order chi connectivity index (χ0) is 25.5. The lowest BCUT2D eigenvalue weighted by Gasteiger charge is -2.10. The standard InChI is InChI=1S/C26H25N3O5S2/c1-4-34-20-8-6-5-7-18(20)28-24(30)15-35-26-29-19-11-10-17(14-23(19)36-26)27-25(31)16-9-12-21(32-2)22(13-16)33-3/h5-14H,4,15H2,1-3H3,(H,27,31)(H,28,30). The molecule has 0 aliphatic heterocycles. The maximum atomic E-state index is 12.7. The van der Waals surface area contributed by atoms with Crippen LogP contribution in [0.5, 0.6) is 17.2 Å². The number of thioether (sulfide) groups is 1. The van der Waals surface area contributed by atoms with E-state index in [-0.39, 0.29) is 17.6 Å². The molecule has 0 unspecified atom stereocenters. The third-order valence-electron chi connectivity index (χ3n) is 5.06. The molecule has 0 spiro atoms. The van der Waals surface area contributed by atoms with E-state index in [2.05, 4.69) is 15.6 Å². The molecule has 2 amide bonds. The van der Waals surface area contributed by atoms with Gasteiger partial charge in [-0.05, 0) is 55.5 Å². The molecule has 0 saturated carbocycles. The fraction of sp³-hybridized carbons (Fsp3) is 0.192. The van der Waals surface area contributed by atoms with Crippen LogP contribution in [0, 0.1) is 0 Å². The molecule has 0 saturated heterocycles. The van der Waals surface area contributed by atoms with Crippen LogP contribution in [-0.2, 0) is 4.79 Å². The molecule has 0 bridgehead atoms. The fourth-order valence-corrected chi connectivity index (χ4v) is 5.30. The molecule has 0 radical (unpaired) electrons. The van der Waals surface area contributed by atoms with Gasteiger partial charge in [0, 0.05) is 11.3 Å². The Morgan fingerprint density at radius 2 is 1.75 bits per heavy atom. The van der Waals surface area contributed by atoms with E-state index in [0.29, 0.717) is 40.8 Å². The van der Waals surface area contributed by atoms with Crippen molar-refractivity contribution in [2.24, 2.45) is 0 Å². The molecule has 0 fully saturated rings. The first-order valence-electron chi connectivity index (χ1n) is 11.1. The highest BCUT2D eigenvalue weighted by molar-refractivity contribution is 8.01. The number of carbonyl (C=O) groups is 2. The number of hydrogen-bond donors (Lipinski definition) is 2. The fourth-order valence-electron chi connectivity index (χ4n) is 3.39. The van der Waals surface area contributed by atoms with Gasteiger partial charge in [0.1, 0.15) is 5.75 Å². The first-order valence-corrected chi connectivity index (χ1v) is 12.9. The molecule has 4 rings (SSSR count). The zero-order valence-electron chi connectivity index (χ0n) is 20.0. The normalized spacial score (nSPS) is 10.6. The lowest BCUT2D eigenvalue weighted by atomic mass is 10.2. The molecule has 0 atom stereocenters. The van der Waals surface area contributed by atoms with Gasteiger partial charge in [0.15, 0.2) is 15.8 Å². The summed E-state index contributed by atoms with van der Waals surface area (Å²) >= 11 is 2.82. The molecule has 8 nitrogen and oxygen atoms in total. The number of nitrogens with zero attached hydrogens (tertiary/aromatic N) is 1. The number of hydrogen-bond acceptors (Lipinski definition) is 8. The molecular weight excluding hydrogens is 498 g/mol. The van der Waals surface area contributed by atoms with Crippen LogP contribution in [0.1, 0.15) is 17.3 Å². The van der Waals surface area contributed by atoms with E-state index in [4.69, 9.17) is 14.2 Å². The van der Waals surface area contributed by atoms with Crippen LogP contribution in [0.25, 0.3) is 10.2 Å². The minimum atomic E-state index is -0.265. The molecule has 2 N–H and O–H groups in total. The number of thiazole rings is 1. The van der Waals surface area contributed by atoms with Gasteiger partial charge in [0.2, 0.25) is 5.91 Å². The maximum absolute atomic E-state index is 12.7. The van der Waals surface area contributed by atoms with Gasteiger partial charge in [0.05, 0.1) is 42.5 Å². The number of aromatic nitrogens is 1. The average Bonchev–Trinajstić information content (AvgIpc) is 3.30. The van der Waals surface area contributed by atoms with Crippen LogP contribution in [-0.4, -0.2) is 43.4 Å². The summed E-state index contributed by atoms with van der Waals surface area (Å²) in [5.41, 5.74) is 2.54. The predicted molar refractivity (Wildman–Crippen MR) is 144 cm³/mol. The van der Waals surface area contributed by atoms with Crippen LogP contribution in [0.2, 0.25) is 0 Å². The second kappa shape index (κ2) is 11.8. The number of nitrogens with one attached hydrogen (secondary N) is 2. The third kappa shape index (κ3) is 6.07. The van der Waals surface area contributed by atoms with Crippen LogP contribution >= 0.6 is 23.1 Å². The van der Waals surface area contributed by atoms with Gasteiger partial charge >= 0.3 is 0 Å². The number of rotatable bonds is 10. The first kappa shape index (κ1) is 25.3. The number of fused-ring (bicyclic) bond motifs is 1. The van der Waals surface area contributed by atoms with Gasteiger partial charge in [-0.1, -0.05) is 23.9 Å². The molecule has 36 heavy (non-hydrogen) atoms. The minimum Gasteiger partial charge on any atom is -0.493 e. The zero-order valence-corrected chi connectivity index (χ0v) is 21.6. The van der Waals surface area contributed by atoms with Crippen LogP contribution in [0.15, 0.2) is 65.0 Å². The molecule has 0 aliphatic rings. The van der Waals surface area contributed by atoms with E-state index >= 15 is 0 Å². The number of carbonyl (C=O) groups excluding carboxylic acids is 2. The Bertz CT molecular complexity index is 1390. The summed E-state index contributed by atoms with van der Waals surface area (Å²) in [5.74, 6) is 1.48. The molecule has 4 aromatic rings. The third-order valence-corrected chi connectivity index (χ3v) is 7.22. The van der Waals surface area contributed by atoms with Crippen molar-refractivity contribution < 1.29 is 23.8 Å². The Morgan fingerprint density at radius 3 is 2.53 bits per heavy atom. The number of para-hydroxylation sites is 2. The summed E-state index contributed by atoms with van der Waals surface area (Å²) in [6.45, 7) is 2.42. The summed E-state index contributed by atoms with van der Waals surface area (Å²) in [4.78, 5) is 29.8. The summed E-state index contributed by atoms with van der Waals surface area (Å²) in [7, 11) is 3.07. The van der Waals surface area contributed by atoms with Gasteiger partial charge in [-0.3, -0.25) is 9.59 Å². The van der Waals surface area contributed by atoms with Gasteiger partial charge in [-0.2, -0.15) is 0 Å². The number of anilines is 2. The van der Waals surface area contributed by atoms with Crippen molar-refractivity contribution in [1.82, 2.24) is 4.98 Å². The lowest BCUT2D eigenvalue weighted by Crippen LogP contribution is -2.14. The number of benzene rings is 3. The van der Waals surface area contributed by atoms with Crippen molar-refractivity contribution in [1.29, 1.82) is 0 Å². The van der Waals surface area contributed by atoms with Crippen LogP contribution in [0.3, 0.4) is 0 Å². The van der Waals surface area contributed by atoms with Crippen LogP contribution < -0.4 is 24.8 Å². The average molecular weight is 524 g/mol. The van der Waals surface area contributed by atoms with E-state index in [1.165, 1.54) is 30.2 Å². The predicted octanol–water partition coefficient (Wildman–Crippen LogP) is 5.70. The number of methoxy groups -OCH3 is 2. The van der Waals surface area contributed by atoms with E-state index in [9.17, 15) is 9.59 Å². The van der Waals surface area contributed by atoms with E-state index in [1.54, 1.807) is 31.4 Å². The Morgan fingerprint density at radius 1 is 0.944 bits per heavy atom. The number of ether oxygens (including phenoxy) is 3. The first-order chi connectivity index (χ1) is 17.5. The topological polar surface area (TPSA) is 98.8 Å². The van der Waals surface area contributed by atoms with Gasteiger partial charge in [0.25, 0.3) is 5.91 Å². The highest BCUT2D eigenvalue weighted by Gasteiger charge is 2.13. The van der Waals surface area contributed by atoms with Gasteiger partial charge < -0.3 is 24.8 Å². The molecule has 186 valence electrons. The van der Waals surface area contributed by atoms with Crippen molar-refractivity contribution in [2.75, 3.05) is 37.2 Å². The van der Waals surface area contributed by atoms with E-state index in [1.807, 2.05) is 43.3 Å². The van der Waals surface area contributed by atoms with E-state index in [0.717, 1.165) is 14.6 Å². The lowest BCUT2D eigenvalue weighted by molar-refractivity contribution is -0.113. The summed E-state index contributed by atoms with van der Waals surface area (Å²) in [5, 5.41) is 5.79. The van der Waals surface area contributed by atoms with Crippen molar-refractivity contribution in [3.63, 3.8) is 0 Å². The molecule has 3 aromatic carbocycles. The van der Waals surface area contributed by atoms with Crippen molar-refractivity contribution in [3.8, 4) is 17.2 Å². The second-order valence-corrected chi connectivity index (χ2v) is 9.71. The molecular formula is C26H25N3O5S2. The van der Waals surface area contributed by atoms with Crippen LogP contribution in [0.4, 0.5) is 11.4 Å². The maximum Gasteiger partial charge on any atom is 0.255 e. The van der Waals surface area contributed by atoms with E-state index < -0.39 is 0 Å². The van der Waals surface area contributed by atoms with Gasteiger partial charge in [-0.25, -0.2) is 4.98 Å². The summed E-state index contributed by atoms with van der Waals surface area (Å²) in [6.07, 6.45) is 0. The van der Waals surface area contributed by atoms with Crippen molar-refractivity contribution in [2.45, 2.75) is 11.3 Å². The summed E-state index contributed by atoms with van der Waals surface area (Å²) in [6, 6.07) is 17.8. The quantitative estimate of drug-likeness (QED) is 0.258. The van der Waals surface area contributed by atoms with Crippen molar-refractivity contribution >= 4 is 56.5 Å². The highest BCUT2D eigenvalue weighted by atomic mass is 32.2.